The van der Waals surface area contributed by atoms with E-state index < -0.39 is 35.7 Å². The zero-order valence-corrected chi connectivity index (χ0v) is 8.27. The minimum absolute atomic E-state index is 0.251. The Hall–Kier alpha value is -1.35. The van der Waals surface area contributed by atoms with Gasteiger partial charge in [-0.25, -0.2) is 4.79 Å². The van der Waals surface area contributed by atoms with Gasteiger partial charge in [-0.2, -0.15) is 0 Å². The zero-order chi connectivity index (χ0) is 13.1. The molecule has 0 rings (SSSR count). The number of carboxylic acid groups (broad SMARTS) is 1. The fraction of sp³-hybridized carbons (Fsp3) is 0.625. The van der Waals surface area contributed by atoms with Crippen LogP contribution in [0.5, 0.6) is 0 Å². The van der Waals surface area contributed by atoms with Crippen molar-refractivity contribution in [3.05, 3.63) is 0 Å². The molecule has 8 nitrogen and oxygen atoms in total. The van der Waals surface area contributed by atoms with Crippen molar-refractivity contribution >= 4 is 18.0 Å². The topological polar surface area (TPSA) is 152 Å². The van der Waals surface area contributed by atoms with Crippen LogP contribution in [0.3, 0.4) is 0 Å². The number of hydrogen-bond donors (Lipinski definition) is 5. The van der Waals surface area contributed by atoms with E-state index in [1.54, 1.807) is 0 Å². The lowest BCUT2D eigenvalue weighted by molar-refractivity contribution is -0.192. The highest BCUT2D eigenvalue weighted by molar-refractivity contribution is 5.90. The molecule has 0 aromatic heterocycles. The largest absolute Gasteiger partial charge is 0.479 e. The fourth-order valence-corrected chi connectivity index (χ4v) is 1.07. The number of hydrogen-bond acceptors (Lipinski definition) is 7. The summed E-state index contributed by atoms with van der Waals surface area (Å²) in [6.45, 7) is 0.727. The number of aliphatic carboxylic acids is 1. The molecule has 0 aliphatic carbocycles. The first-order chi connectivity index (χ1) is 7.19. The third kappa shape index (κ3) is 2.42. The van der Waals surface area contributed by atoms with Crippen molar-refractivity contribution in [1.29, 1.82) is 0 Å². The van der Waals surface area contributed by atoms with Crippen molar-refractivity contribution in [2.45, 2.75) is 30.8 Å². The van der Waals surface area contributed by atoms with Crippen molar-refractivity contribution in [3.8, 4) is 0 Å². The van der Waals surface area contributed by atoms with Crippen LogP contribution in [-0.4, -0.2) is 67.5 Å². The Balaban J connectivity index is 5.28. The zero-order valence-electron chi connectivity index (χ0n) is 8.27. The number of carbonyl (C=O) groups excluding carboxylic acids is 2. The fourth-order valence-electron chi connectivity index (χ4n) is 1.07. The van der Waals surface area contributed by atoms with Crippen LogP contribution in [0.2, 0.25) is 0 Å². The number of carboxylic acids is 1. The summed E-state index contributed by atoms with van der Waals surface area (Å²) in [4.78, 5) is 31.6. The van der Waals surface area contributed by atoms with Gasteiger partial charge in [0.1, 0.15) is 12.2 Å². The summed E-state index contributed by atoms with van der Waals surface area (Å²) in [5.74, 6) is -3.16. The average molecular weight is 236 g/mol. The second-order valence-corrected chi connectivity index (χ2v) is 3.19. The van der Waals surface area contributed by atoms with Crippen LogP contribution in [0.1, 0.15) is 6.92 Å². The molecule has 0 heterocycles. The smallest absolute Gasteiger partial charge is 0.335 e. The van der Waals surface area contributed by atoms with Crippen LogP contribution < -0.4 is 0 Å². The number of Topliss-reactive ketones (excluding diaryl/α,β-unsaturated/α-hetero) is 1. The Morgan fingerprint density at radius 3 is 1.94 bits per heavy atom. The highest BCUT2D eigenvalue weighted by Gasteiger charge is 2.51. The van der Waals surface area contributed by atoms with Gasteiger partial charge in [0.25, 0.3) is 0 Å². The normalized spacial score (nSPS) is 20.3. The van der Waals surface area contributed by atoms with E-state index in [2.05, 4.69) is 0 Å². The average Bonchev–Trinajstić information content (AvgIpc) is 2.23. The maximum atomic E-state index is 11.0. The first kappa shape index (κ1) is 14.6. The molecule has 16 heavy (non-hydrogen) atoms. The van der Waals surface area contributed by atoms with Crippen molar-refractivity contribution in [2.24, 2.45) is 0 Å². The molecular weight excluding hydrogens is 224 g/mol. The number of carbonyl (C=O) groups is 3. The summed E-state index contributed by atoms with van der Waals surface area (Å²) in [6.07, 6.45) is -7.63. The molecule has 0 radical (unpaired) electrons. The van der Waals surface area contributed by atoms with E-state index in [1.165, 1.54) is 0 Å². The monoisotopic (exact) mass is 236 g/mol. The predicted molar refractivity (Wildman–Crippen MR) is 47.4 cm³/mol. The quantitative estimate of drug-likeness (QED) is 0.300. The lowest BCUT2D eigenvalue weighted by atomic mass is 9.84. The molecule has 0 aliphatic heterocycles. The standard InChI is InChI=1S/C8H12O8/c1-3(10)8(16,4(11)2-9)6(13)5(12)7(14)15/h2,4-6,11-13,16H,1H3,(H,14,15)/t4-,5+,6+,8+/m1/s1. The lowest BCUT2D eigenvalue weighted by Gasteiger charge is -2.33. The molecule has 4 atom stereocenters. The van der Waals surface area contributed by atoms with Crippen LogP contribution in [0.25, 0.3) is 0 Å². The van der Waals surface area contributed by atoms with Crippen LogP contribution >= 0.6 is 0 Å². The summed E-state index contributed by atoms with van der Waals surface area (Å²) < 4.78 is 0. The molecule has 0 saturated carbocycles. The summed E-state index contributed by atoms with van der Waals surface area (Å²) in [6, 6.07) is 0. The number of ketones is 1. The van der Waals surface area contributed by atoms with Gasteiger partial charge in [0, 0.05) is 0 Å². The Bertz CT molecular complexity index is 300. The van der Waals surface area contributed by atoms with E-state index >= 15 is 0 Å². The maximum absolute atomic E-state index is 11.0. The van der Waals surface area contributed by atoms with Gasteiger partial charge in [-0.05, 0) is 6.92 Å². The third-order valence-corrected chi connectivity index (χ3v) is 2.15. The molecular formula is C8H12O8. The molecule has 0 aromatic rings. The molecule has 0 aromatic carbocycles. The Morgan fingerprint density at radius 2 is 1.69 bits per heavy atom. The van der Waals surface area contributed by atoms with E-state index in [4.69, 9.17) is 15.3 Å². The van der Waals surface area contributed by atoms with Gasteiger partial charge < -0.3 is 30.3 Å². The lowest BCUT2D eigenvalue weighted by Crippen LogP contribution is -2.62. The van der Waals surface area contributed by atoms with Crippen molar-refractivity contribution in [3.63, 3.8) is 0 Å². The first-order valence-corrected chi connectivity index (χ1v) is 4.15. The molecule has 8 heteroatoms. The van der Waals surface area contributed by atoms with Gasteiger partial charge in [-0.15, -0.1) is 0 Å². The minimum atomic E-state index is -3.06. The van der Waals surface area contributed by atoms with Gasteiger partial charge >= 0.3 is 5.97 Å². The maximum Gasteiger partial charge on any atom is 0.335 e. The molecule has 0 amide bonds. The van der Waals surface area contributed by atoms with Crippen LogP contribution in [0.4, 0.5) is 0 Å². The molecule has 0 aliphatic rings. The number of aliphatic hydroxyl groups excluding tert-OH is 3. The summed E-state index contributed by atoms with van der Waals surface area (Å²) in [5, 5.41) is 45.1. The third-order valence-electron chi connectivity index (χ3n) is 2.15. The van der Waals surface area contributed by atoms with E-state index in [0.29, 0.717) is 0 Å². The van der Waals surface area contributed by atoms with Crippen LogP contribution in [0.15, 0.2) is 0 Å². The Kier molecular flexibility index (Phi) is 4.69. The van der Waals surface area contributed by atoms with Gasteiger partial charge in [-0.3, -0.25) is 4.79 Å². The molecule has 0 saturated heterocycles. The van der Waals surface area contributed by atoms with E-state index in [1.807, 2.05) is 0 Å². The minimum Gasteiger partial charge on any atom is -0.479 e. The van der Waals surface area contributed by atoms with Crippen molar-refractivity contribution in [1.82, 2.24) is 0 Å². The first-order valence-electron chi connectivity index (χ1n) is 4.15. The molecule has 0 bridgehead atoms. The van der Waals surface area contributed by atoms with Gasteiger partial charge in [0.2, 0.25) is 0 Å². The van der Waals surface area contributed by atoms with Crippen LogP contribution in [-0.2, 0) is 14.4 Å². The molecule has 0 fully saturated rings. The van der Waals surface area contributed by atoms with E-state index in [9.17, 15) is 24.6 Å². The number of aldehydes is 1. The second kappa shape index (κ2) is 5.12. The Morgan fingerprint density at radius 1 is 1.25 bits per heavy atom. The van der Waals surface area contributed by atoms with Gasteiger partial charge in [0.15, 0.2) is 23.8 Å². The van der Waals surface area contributed by atoms with Crippen molar-refractivity contribution in [2.75, 3.05) is 0 Å². The number of aliphatic hydroxyl groups is 4. The summed E-state index contributed by atoms with van der Waals surface area (Å²) in [7, 11) is 0. The van der Waals surface area contributed by atoms with E-state index in [-0.39, 0.29) is 6.29 Å². The van der Waals surface area contributed by atoms with Crippen LogP contribution in [0, 0.1) is 0 Å². The Labute approximate surface area is 89.7 Å². The molecule has 5 N–H and O–H groups in total. The summed E-state index contributed by atoms with van der Waals surface area (Å²) >= 11 is 0. The van der Waals surface area contributed by atoms with E-state index in [0.717, 1.165) is 6.92 Å². The van der Waals surface area contributed by atoms with Crippen molar-refractivity contribution < 1.29 is 39.9 Å². The second-order valence-electron chi connectivity index (χ2n) is 3.19. The summed E-state index contributed by atoms with van der Waals surface area (Å²) in [5.41, 5.74) is -3.06. The highest BCUT2D eigenvalue weighted by atomic mass is 16.4. The van der Waals surface area contributed by atoms with Gasteiger partial charge in [-0.1, -0.05) is 0 Å². The molecule has 92 valence electrons. The highest BCUT2D eigenvalue weighted by Crippen LogP contribution is 2.19. The SMILES string of the molecule is CC(=O)[C@](O)([C@H](O)C=O)[C@@H](O)[C@H](O)C(=O)O. The van der Waals surface area contributed by atoms with Gasteiger partial charge in [0.05, 0.1) is 0 Å². The molecule has 0 unspecified atom stereocenters. The molecule has 0 spiro atoms. The number of rotatable bonds is 6. The predicted octanol–water partition coefficient (Wildman–Crippen LogP) is -3.33.